The van der Waals surface area contributed by atoms with Gasteiger partial charge in [-0.3, -0.25) is 14.6 Å². The lowest BCUT2D eigenvalue weighted by atomic mass is 9.87. The fraction of sp³-hybridized carbons (Fsp3) is 0.682. The Balaban J connectivity index is 1.63. The lowest BCUT2D eigenvalue weighted by Gasteiger charge is -2.34. The summed E-state index contributed by atoms with van der Waals surface area (Å²) < 4.78 is 0. The van der Waals surface area contributed by atoms with Crippen LogP contribution in [0.2, 0.25) is 0 Å². The molecule has 1 saturated carbocycles. The minimum absolute atomic E-state index is 0.0150. The first kappa shape index (κ1) is 21.2. The summed E-state index contributed by atoms with van der Waals surface area (Å²) in [6.07, 6.45) is 8.86. The highest BCUT2D eigenvalue weighted by atomic mass is 32.2. The molecule has 0 radical (unpaired) electrons. The van der Waals surface area contributed by atoms with Gasteiger partial charge in [0.25, 0.3) is 0 Å². The molecular weight excluding hydrogens is 370 g/mol. The minimum atomic E-state index is -0.341. The topological polar surface area (TPSA) is 62.3 Å². The Morgan fingerprint density at radius 3 is 2.71 bits per heavy atom. The average Bonchev–Trinajstić information content (AvgIpc) is 3.11. The lowest BCUT2D eigenvalue weighted by molar-refractivity contribution is -0.144. The monoisotopic (exact) mass is 403 g/mol. The molecule has 1 aromatic rings. The molecule has 1 aliphatic carbocycles. The Morgan fingerprint density at radius 2 is 2.04 bits per heavy atom. The average molecular weight is 404 g/mol. The third-order valence-corrected chi connectivity index (χ3v) is 7.00. The second-order valence-electron chi connectivity index (χ2n) is 8.38. The van der Waals surface area contributed by atoms with Gasteiger partial charge in [-0.25, -0.2) is 0 Å². The van der Waals surface area contributed by atoms with Gasteiger partial charge in [-0.2, -0.15) is 0 Å². The maximum Gasteiger partial charge on any atom is 0.243 e. The molecule has 2 atom stereocenters. The smallest absolute Gasteiger partial charge is 0.243 e. The number of carbonyl (C=O) groups excluding carboxylic acids is 2. The van der Waals surface area contributed by atoms with E-state index in [-0.39, 0.29) is 29.1 Å². The fourth-order valence-corrected chi connectivity index (χ4v) is 5.83. The van der Waals surface area contributed by atoms with E-state index in [2.05, 4.69) is 24.1 Å². The van der Waals surface area contributed by atoms with E-state index in [1.807, 2.05) is 23.1 Å². The van der Waals surface area contributed by atoms with Gasteiger partial charge in [0.05, 0.1) is 5.37 Å². The SMILES string of the molecule is CC(C)CC1SCC(C(=O)NCCc2ccccn2)N1C(=O)C1CCCCC1. The summed E-state index contributed by atoms with van der Waals surface area (Å²) in [5.41, 5.74) is 0.969. The highest BCUT2D eigenvalue weighted by Crippen LogP contribution is 2.37. The number of pyridine rings is 1. The third-order valence-electron chi connectivity index (χ3n) is 5.68. The maximum atomic E-state index is 13.3. The normalized spacial score (nSPS) is 23.2. The van der Waals surface area contributed by atoms with Crippen LogP contribution in [0.25, 0.3) is 0 Å². The van der Waals surface area contributed by atoms with Crippen molar-refractivity contribution >= 4 is 23.6 Å². The van der Waals surface area contributed by atoms with Crippen LogP contribution in [0.5, 0.6) is 0 Å². The van der Waals surface area contributed by atoms with Crippen LogP contribution in [0.4, 0.5) is 0 Å². The Morgan fingerprint density at radius 1 is 1.25 bits per heavy atom. The first-order valence-electron chi connectivity index (χ1n) is 10.7. The zero-order chi connectivity index (χ0) is 19.9. The van der Waals surface area contributed by atoms with Gasteiger partial charge in [0.15, 0.2) is 0 Å². The van der Waals surface area contributed by atoms with Crippen molar-refractivity contribution in [1.82, 2.24) is 15.2 Å². The van der Waals surface area contributed by atoms with Gasteiger partial charge in [-0.1, -0.05) is 39.2 Å². The molecule has 0 bridgehead atoms. The molecule has 5 nitrogen and oxygen atoms in total. The third kappa shape index (κ3) is 5.49. The van der Waals surface area contributed by atoms with E-state index in [4.69, 9.17) is 0 Å². The van der Waals surface area contributed by atoms with Crippen LogP contribution in [-0.4, -0.2) is 45.4 Å². The summed E-state index contributed by atoms with van der Waals surface area (Å²) in [5, 5.41) is 3.17. The number of amides is 2. The van der Waals surface area contributed by atoms with Crippen molar-refractivity contribution in [2.24, 2.45) is 11.8 Å². The van der Waals surface area contributed by atoms with Crippen molar-refractivity contribution in [2.45, 2.75) is 70.2 Å². The van der Waals surface area contributed by atoms with Crippen LogP contribution in [0.15, 0.2) is 24.4 Å². The van der Waals surface area contributed by atoms with Crippen LogP contribution >= 0.6 is 11.8 Å². The Kier molecular flexibility index (Phi) is 7.77. The van der Waals surface area contributed by atoms with Gasteiger partial charge in [-0.15, -0.1) is 11.8 Å². The molecule has 2 unspecified atom stereocenters. The number of aromatic nitrogens is 1. The first-order chi connectivity index (χ1) is 13.6. The van der Waals surface area contributed by atoms with Gasteiger partial charge in [-0.05, 0) is 37.3 Å². The van der Waals surface area contributed by atoms with Crippen molar-refractivity contribution in [2.75, 3.05) is 12.3 Å². The van der Waals surface area contributed by atoms with Gasteiger partial charge < -0.3 is 10.2 Å². The molecule has 0 aromatic carbocycles. The van der Waals surface area contributed by atoms with Crippen LogP contribution in [-0.2, 0) is 16.0 Å². The van der Waals surface area contributed by atoms with Crippen LogP contribution < -0.4 is 5.32 Å². The van der Waals surface area contributed by atoms with E-state index in [0.29, 0.717) is 24.6 Å². The van der Waals surface area contributed by atoms with E-state index in [0.717, 1.165) is 37.8 Å². The molecule has 0 spiro atoms. The molecular formula is C22H33N3O2S. The van der Waals surface area contributed by atoms with Crippen molar-refractivity contribution in [3.05, 3.63) is 30.1 Å². The van der Waals surface area contributed by atoms with Gasteiger partial charge in [0.2, 0.25) is 11.8 Å². The number of hydrogen-bond donors (Lipinski definition) is 1. The van der Waals surface area contributed by atoms with E-state index >= 15 is 0 Å². The van der Waals surface area contributed by atoms with Gasteiger partial charge in [0.1, 0.15) is 6.04 Å². The maximum absolute atomic E-state index is 13.3. The number of thioether (sulfide) groups is 1. The lowest BCUT2D eigenvalue weighted by Crippen LogP contribution is -2.52. The van der Waals surface area contributed by atoms with Gasteiger partial charge >= 0.3 is 0 Å². The number of hydrogen-bond acceptors (Lipinski definition) is 4. The summed E-state index contributed by atoms with van der Waals surface area (Å²) in [4.78, 5) is 32.5. The summed E-state index contributed by atoms with van der Waals surface area (Å²) >= 11 is 1.77. The quantitative estimate of drug-likeness (QED) is 0.755. The second kappa shape index (κ2) is 10.3. The number of nitrogens with zero attached hydrogens (tertiary/aromatic N) is 2. The number of rotatable bonds is 7. The van der Waals surface area contributed by atoms with Crippen molar-refractivity contribution in [3.63, 3.8) is 0 Å². The molecule has 1 aromatic heterocycles. The highest BCUT2D eigenvalue weighted by molar-refractivity contribution is 8.00. The molecule has 6 heteroatoms. The Hall–Kier alpha value is -1.56. The van der Waals surface area contributed by atoms with E-state index < -0.39 is 0 Å². The molecule has 2 aliphatic rings. The predicted octanol–water partition coefficient (Wildman–Crippen LogP) is 3.64. The zero-order valence-electron chi connectivity index (χ0n) is 17.1. The summed E-state index contributed by atoms with van der Waals surface area (Å²) in [5.74, 6) is 1.50. The van der Waals surface area contributed by atoms with Crippen molar-refractivity contribution in [3.8, 4) is 0 Å². The van der Waals surface area contributed by atoms with Crippen LogP contribution in [0.3, 0.4) is 0 Å². The predicted molar refractivity (Wildman–Crippen MR) is 114 cm³/mol. The Bertz CT molecular complexity index is 646. The molecule has 1 saturated heterocycles. The Labute approximate surface area is 173 Å². The number of carbonyl (C=O) groups is 2. The molecule has 1 aliphatic heterocycles. The molecule has 2 amide bonds. The van der Waals surface area contributed by atoms with Crippen LogP contribution in [0, 0.1) is 11.8 Å². The highest BCUT2D eigenvalue weighted by Gasteiger charge is 2.43. The van der Waals surface area contributed by atoms with Crippen LogP contribution in [0.1, 0.15) is 58.1 Å². The molecule has 3 rings (SSSR count). The first-order valence-corrected chi connectivity index (χ1v) is 11.7. The van der Waals surface area contributed by atoms with Gasteiger partial charge in [0, 0.05) is 36.5 Å². The zero-order valence-corrected chi connectivity index (χ0v) is 17.9. The molecule has 154 valence electrons. The van der Waals surface area contributed by atoms with Crippen molar-refractivity contribution in [1.29, 1.82) is 0 Å². The minimum Gasteiger partial charge on any atom is -0.354 e. The molecule has 2 heterocycles. The molecule has 2 fully saturated rings. The second-order valence-corrected chi connectivity index (χ2v) is 9.59. The number of nitrogens with one attached hydrogen (secondary N) is 1. The largest absolute Gasteiger partial charge is 0.354 e. The fourth-order valence-electron chi connectivity index (χ4n) is 4.18. The molecule has 1 N–H and O–H groups in total. The van der Waals surface area contributed by atoms with Crippen molar-refractivity contribution < 1.29 is 9.59 Å². The van der Waals surface area contributed by atoms with E-state index in [9.17, 15) is 9.59 Å². The summed E-state index contributed by atoms with van der Waals surface area (Å²) in [6, 6.07) is 5.47. The summed E-state index contributed by atoms with van der Waals surface area (Å²) in [6.45, 7) is 4.92. The standard InChI is InChI=1S/C22H33N3O2S/c1-16(2)14-20-25(22(27)17-8-4-3-5-9-17)19(15-28-20)21(26)24-13-11-18-10-6-7-12-23-18/h6-7,10,12,16-17,19-20H,3-5,8-9,11,13-15H2,1-2H3,(H,24,26). The molecule has 28 heavy (non-hydrogen) atoms. The van der Waals surface area contributed by atoms with E-state index in [1.165, 1.54) is 6.42 Å². The summed E-state index contributed by atoms with van der Waals surface area (Å²) in [7, 11) is 0. The van der Waals surface area contributed by atoms with E-state index in [1.54, 1.807) is 18.0 Å².